The molecule has 0 aliphatic carbocycles. The minimum Gasteiger partial charge on any atom is -0.309 e. The van der Waals surface area contributed by atoms with Crippen LogP contribution in [0.5, 0.6) is 0 Å². The average molecular weight is 195 g/mol. The van der Waals surface area contributed by atoms with Crippen molar-refractivity contribution >= 4 is 11.6 Å². The van der Waals surface area contributed by atoms with Gasteiger partial charge in [0.15, 0.2) is 0 Å². The van der Waals surface area contributed by atoms with E-state index in [2.05, 4.69) is 22.1 Å². The van der Waals surface area contributed by atoms with Crippen molar-refractivity contribution in [3.8, 4) is 11.8 Å². The first-order valence-electron chi connectivity index (χ1n) is 3.99. The molecule has 3 heteroatoms. The first kappa shape index (κ1) is 10.0. The summed E-state index contributed by atoms with van der Waals surface area (Å²) in [5.41, 5.74) is 1.86. The van der Waals surface area contributed by atoms with E-state index in [1.165, 1.54) is 0 Å². The number of pyridine rings is 1. The van der Waals surface area contributed by atoms with Gasteiger partial charge in [-0.15, -0.1) is 0 Å². The van der Waals surface area contributed by atoms with Crippen LogP contribution >= 0.6 is 11.6 Å². The molecule has 0 spiro atoms. The first-order chi connectivity index (χ1) is 6.24. The Morgan fingerprint density at radius 1 is 1.62 bits per heavy atom. The predicted molar refractivity (Wildman–Crippen MR) is 54.8 cm³/mol. The number of aryl methyl sites for hydroxylation is 1. The maximum Gasteiger partial charge on any atom is 0.144 e. The van der Waals surface area contributed by atoms with Gasteiger partial charge in [0.25, 0.3) is 0 Å². The summed E-state index contributed by atoms with van der Waals surface area (Å²) in [6.07, 6.45) is 1.73. The van der Waals surface area contributed by atoms with Crippen molar-refractivity contribution in [1.29, 1.82) is 0 Å². The molecule has 13 heavy (non-hydrogen) atoms. The molecule has 0 fully saturated rings. The Kier molecular flexibility index (Phi) is 3.75. The van der Waals surface area contributed by atoms with Gasteiger partial charge in [0.1, 0.15) is 5.15 Å². The van der Waals surface area contributed by atoms with Gasteiger partial charge in [-0.25, -0.2) is 4.98 Å². The predicted octanol–water partition coefficient (Wildman–Crippen LogP) is 1.61. The zero-order valence-corrected chi connectivity index (χ0v) is 8.44. The van der Waals surface area contributed by atoms with E-state index >= 15 is 0 Å². The van der Waals surface area contributed by atoms with E-state index in [1.54, 1.807) is 6.20 Å². The van der Waals surface area contributed by atoms with Crippen molar-refractivity contribution in [1.82, 2.24) is 10.3 Å². The van der Waals surface area contributed by atoms with Crippen molar-refractivity contribution < 1.29 is 0 Å². The number of nitrogens with one attached hydrogen (secondary N) is 1. The third kappa shape index (κ3) is 3.06. The lowest BCUT2D eigenvalue weighted by Crippen LogP contribution is -2.04. The summed E-state index contributed by atoms with van der Waals surface area (Å²) in [6, 6.07) is 1.93. The fraction of sp³-hybridized carbons (Fsp3) is 0.300. The third-order valence-corrected chi connectivity index (χ3v) is 1.77. The monoisotopic (exact) mass is 194 g/mol. The van der Waals surface area contributed by atoms with E-state index in [0.717, 1.165) is 11.1 Å². The molecule has 0 atom stereocenters. The van der Waals surface area contributed by atoms with Gasteiger partial charge in [-0.2, -0.15) is 0 Å². The lowest BCUT2D eigenvalue weighted by atomic mass is 10.2. The SMILES string of the molecule is CNCC#Cc1cc(C)cnc1Cl. The molecule has 0 radical (unpaired) electrons. The van der Waals surface area contributed by atoms with Gasteiger partial charge in [-0.3, -0.25) is 0 Å². The van der Waals surface area contributed by atoms with Gasteiger partial charge in [0.05, 0.1) is 12.1 Å². The number of rotatable bonds is 1. The van der Waals surface area contributed by atoms with E-state index < -0.39 is 0 Å². The zero-order valence-electron chi connectivity index (χ0n) is 7.69. The second-order valence-corrected chi connectivity index (χ2v) is 3.04. The number of hydrogen-bond donors (Lipinski definition) is 1. The summed E-state index contributed by atoms with van der Waals surface area (Å²) in [6.45, 7) is 2.62. The summed E-state index contributed by atoms with van der Waals surface area (Å²) in [5.74, 6) is 5.88. The van der Waals surface area contributed by atoms with Crippen molar-refractivity contribution in [2.24, 2.45) is 0 Å². The molecule has 0 saturated carbocycles. The second kappa shape index (κ2) is 4.86. The minimum absolute atomic E-state index is 0.467. The third-order valence-electron chi connectivity index (χ3n) is 1.46. The highest BCUT2D eigenvalue weighted by molar-refractivity contribution is 6.30. The summed E-state index contributed by atoms with van der Waals surface area (Å²) >= 11 is 5.84. The Labute approximate surface area is 83.3 Å². The molecule has 1 N–H and O–H groups in total. The van der Waals surface area contributed by atoms with Crippen molar-refractivity contribution in [3.05, 3.63) is 28.5 Å². The van der Waals surface area contributed by atoms with E-state index in [4.69, 9.17) is 11.6 Å². The molecule has 0 unspecified atom stereocenters. The molecular formula is C10H11ClN2. The second-order valence-electron chi connectivity index (χ2n) is 2.68. The Morgan fingerprint density at radius 2 is 2.38 bits per heavy atom. The minimum atomic E-state index is 0.467. The summed E-state index contributed by atoms with van der Waals surface area (Å²) in [4.78, 5) is 4.00. The largest absolute Gasteiger partial charge is 0.309 e. The molecule has 1 aromatic heterocycles. The Balaban J connectivity index is 2.89. The molecule has 2 nitrogen and oxygen atoms in total. The van der Waals surface area contributed by atoms with E-state index in [-0.39, 0.29) is 0 Å². The number of hydrogen-bond acceptors (Lipinski definition) is 2. The van der Waals surface area contributed by atoms with Gasteiger partial charge in [-0.1, -0.05) is 23.4 Å². The Hall–Kier alpha value is -1.04. The highest BCUT2D eigenvalue weighted by atomic mass is 35.5. The lowest BCUT2D eigenvalue weighted by molar-refractivity contribution is 0.938. The van der Waals surface area contributed by atoms with E-state index in [9.17, 15) is 0 Å². The van der Waals surface area contributed by atoms with Crippen LogP contribution in [0.1, 0.15) is 11.1 Å². The molecule has 0 bridgehead atoms. The van der Waals surface area contributed by atoms with Gasteiger partial charge >= 0.3 is 0 Å². The fourth-order valence-corrected chi connectivity index (χ4v) is 1.02. The first-order valence-corrected chi connectivity index (χ1v) is 4.37. The summed E-state index contributed by atoms with van der Waals surface area (Å²) in [7, 11) is 1.85. The summed E-state index contributed by atoms with van der Waals surface area (Å²) < 4.78 is 0. The van der Waals surface area contributed by atoms with Crippen LogP contribution in [0.2, 0.25) is 5.15 Å². The molecule has 0 aliphatic rings. The average Bonchev–Trinajstić information content (AvgIpc) is 2.11. The number of halogens is 1. The smallest absolute Gasteiger partial charge is 0.144 e. The zero-order chi connectivity index (χ0) is 9.68. The maximum absolute atomic E-state index is 5.84. The molecule has 0 saturated heterocycles. The molecule has 68 valence electrons. The quantitative estimate of drug-likeness (QED) is 0.543. The van der Waals surface area contributed by atoms with Crippen LogP contribution in [0.4, 0.5) is 0 Å². The van der Waals surface area contributed by atoms with Crippen molar-refractivity contribution in [3.63, 3.8) is 0 Å². The van der Waals surface area contributed by atoms with Gasteiger partial charge < -0.3 is 5.32 Å². The molecule has 0 aliphatic heterocycles. The van der Waals surface area contributed by atoms with Crippen LogP contribution in [0.15, 0.2) is 12.3 Å². The molecular weight excluding hydrogens is 184 g/mol. The van der Waals surface area contributed by atoms with Crippen LogP contribution in [-0.4, -0.2) is 18.6 Å². The number of nitrogens with zero attached hydrogens (tertiary/aromatic N) is 1. The van der Waals surface area contributed by atoms with E-state index in [0.29, 0.717) is 11.7 Å². The van der Waals surface area contributed by atoms with Gasteiger partial charge in [-0.05, 0) is 25.6 Å². The van der Waals surface area contributed by atoms with Crippen LogP contribution in [0.25, 0.3) is 0 Å². The van der Waals surface area contributed by atoms with E-state index in [1.807, 2.05) is 20.0 Å². The topological polar surface area (TPSA) is 24.9 Å². The highest BCUT2D eigenvalue weighted by Gasteiger charge is 1.96. The van der Waals surface area contributed by atoms with Crippen LogP contribution in [-0.2, 0) is 0 Å². The Bertz CT molecular complexity index is 350. The van der Waals surface area contributed by atoms with Crippen LogP contribution in [0, 0.1) is 18.8 Å². The van der Waals surface area contributed by atoms with Gasteiger partial charge in [0.2, 0.25) is 0 Å². The van der Waals surface area contributed by atoms with Crippen LogP contribution in [0.3, 0.4) is 0 Å². The molecule has 0 amide bonds. The van der Waals surface area contributed by atoms with Gasteiger partial charge in [0, 0.05) is 6.20 Å². The maximum atomic E-state index is 5.84. The summed E-state index contributed by atoms with van der Waals surface area (Å²) in [5, 5.41) is 3.40. The van der Waals surface area contributed by atoms with Crippen LogP contribution < -0.4 is 5.32 Å². The standard InChI is InChI=1S/C10H11ClN2/c1-8-6-9(4-3-5-12-2)10(11)13-7-8/h6-7,12H,5H2,1-2H3. The normalized spacial score (nSPS) is 9.15. The van der Waals surface area contributed by atoms with Crippen molar-refractivity contribution in [2.75, 3.05) is 13.6 Å². The fourth-order valence-electron chi connectivity index (χ4n) is 0.868. The highest BCUT2D eigenvalue weighted by Crippen LogP contribution is 2.11. The number of aromatic nitrogens is 1. The lowest BCUT2D eigenvalue weighted by Gasteiger charge is -1.95. The molecule has 0 aromatic carbocycles. The molecule has 1 rings (SSSR count). The molecule has 1 heterocycles. The Morgan fingerprint density at radius 3 is 3.08 bits per heavy atom. The van der Waals surface area contributed by atoms with Crippen molar-refractivity contribution in [2.45, 2.75) is 6.92 Å². The molecule has 1 aromatic rings.